The van der Waals surface area contributed by atoms with Gasteiger partial charge in [-0.3, -0.25) is 5.32 Å². The second kappa shape index (κ2) is 5.19. The number of ether oxygens (including phenoxy) is 3. The molecule has 2 unspecified atom stereocenters. The first-order valence-corrected chi connectivity index (χ1v) is 6.13. The van der Waals surface area contributed by atoms with Gasteiger partial charge in [0.1, 0.15) is 24.0 Å². The largest absolute Gasteiger partial charge is 0.496 e. The van der Waals surface area contributed by atoms with E-state index >= 15 is 0 Å². The van der Waals surface area contributed by atoms with Gasteiger partial charge >= 0.3 is 0 Å². The Morgan fingerprint density at radius 2 is 1.84 bits per heavy atom. The minimum atomic E-state index is -0.571. The Balaban J connectivity index is 2.40. The summed E-state index contributed by atoms with van der Waals surface area (Å²) in [5.41, 5.74) is 0.197. The molecule has 1 aromatic rings. The smallest absolute Gasteiger partial charge is 0.143 e. The lowest BCUT2D eigenvalue weighted by atomic mass is 10.0. The minimum Gasteiger partial charge on any atom is -0.496 e. The average Bonchev–Trinajstić information content (AvgIpc) is 2.72. The van der Waals surface area contributed by atoms with Crippen molar-refractivity contribution in [2.75, 3.05) is 14.2 Å². The molecule has 0 aliphatic carbocycles. The lowest BCUT2D eigenvalue weighted by Crippen LogP contribution is -2.39. The number of methoxy groups -OCH3 is 2. The highest BCUT2D eigenvalue weighted by Gasteiger charge is 2.43. The molecule has 1 fully saturated rings. The molecule has 0 saturated carbocycles. The number of aldehydes is 1. The van der Waals surface area contributed by atoms with Crippen molar-refractivity contribution >= 4 is 6.29 Å². The Kier molecular flexibility index (Phi) is 3.78. The summed E-state index contributed by atoms with van der Waals surface area (Å²) >= 11 is 0. The Morgan fingerprint density at radius 1 is 1.26 bits per heavy atom. The standard InChI is InChI=1S/C14H19NO4/c1-14(2)11(8-16)15-13(19-14)12-9(17-3)6-5-7-10(12)18-4/h5-8,11,13,15H,1-4H3. The first-order chi connectivity index (χ1) is 9.03. The lowest BCUT2D eigenvalue weighted by molar-refractivity contribution is -0.112. The highest BCUT2D eigenvalue weighted by atomic mass is 16.5. The molecule has 19 heavy (non-hydrogen) atoms. The fourth-order valence-corrected chi connectivity index (χ4v) is 2.26. The molecule has 0 amide bonds. The predicted molar refractivity (Wildman–Crippen MR) is 70.4 cm³/mol. The Labute approximate surface area is 112 Å². The molecule has 2 rings (SSSR count). The molecule has 5 heteroatoms. The van der Waals surface area contributed by atoms with Crippen LogP contribution in [0.25, 0.3) is 0 Å². The second-order valence-corrected chi connectivity index (χ2v) is 4.96. The summed E-state index contributed by atoms with van der Waals surface area (Å²) < 4.78 is 16.6. The predicted octanol–water partition coefficient (Wildman–Crippen LogP) is 1.67. The molecule has 0 bridgehead atoms. The number of benzene rings is 1. The molecule has 1 N–H and O–H groups in total. The van der Waals surface area contributed by atoms with Crippen LogP contribution in [0.3, 0.4) is 0 Å². The van der Waals surface area contributed by atoms with Crippen molar-refractivity contribution in [1.82, 2.24) is 5.32 Å². The number of carbonyl (C=O) groups excluding carboxylic acids is 1. The van der Waals surface area contributed by atoms with Crippen LogP contribution in [0.1, 0.15) is 25.6 Å². The van der Waals surface area contributed by atoms with Gasteiger partial charge in [0.05, 0.1) is 31.4 Å². The van der Waals surface area contributed by atoms with E-state index in [1.807, 2.05) is 32.0 Å². The van der Waals surface area contributed by atoms with Crippen LogP contribution < -0.4 is 14.8 Å². The molecular weight excluding hydrogens is 246 g/mol. The lowest BCUT2D eigenvalue weighted by Gasteiger charge is -2.22. The monoisotopic (exact) mass is 265 g/mol. The van der Waals surface area contributed by atoms with Gasteiger partial charge in [0.15, 0.2) is 0 Å². The SMILES string of the molecule is COc1cccc(OC)c1C1NC(C=O)C(C)(C)O1. The molecule has 1 aliphatic heterocycles. The quantitative estimate of drug-likeness (QED) is 0.839. The van der Waals surface area contributed by atoms with Crippen LogP contribution in [0, 0.1) is 0 Å². The van der Waals surface area contributed by atoms with Crippen molar-refractivity contribution in [3.63, 3.8) is 0 Å². The molecule has 2 atom stereocenters. The molecule has 1 aliphatic rings. The number of nitrogens with one attached hydrogen (secondary N) is 1. The van der Waals surface area contributed by atoms with Gasteiger partial charge in [-0.05, 0) is 26.0 Å². The van der Waals surface area contributed by atoms with Gasteiger partial charge in [0, 0.05) is 0 Å². The summed E-state index contributed by atoms with van der Waals surface area (Å²) in [4.78, 5) is 11.1. The van der Waals surface area contributed by atoms with E-state index in [-0.39, 0.29) is 6.04 Å². The van der Waals surface area contributed by atoms with Crippen LogP contribution in [-0.2, 0) is 9.53 Å². The maximum Gasteiger partial charge on any atom is 0.143 e. The summed E-state index contributed by atoms with van der Waals surface area (Å²) in [6.45, 7) is 3.75. The fraction of sp³-hybridized carbons (Fsp3) is 0.500. The van der Waals surface area contributed by atoms with Gasteiger partial charge in [0.25, 0.3) is 0 Å². The van der Waals surface area contributed by atoms with E-state index < -0.39 is 11.8 Å². The van der Waals surface area contributed by atoms with E-state index in [0.717, 1.165) is 11.8 Å². The van der Waals surface area contributed by atoms with Gasteiger partial charge in [-0.2, -0.15) is 0 Å². The van der Waals surface area contributed by atoms with E-state index in [2.05, 4.69) is 5.32 Å². The molecule has 5 nitrogen and oxygen atoms in total. The highest BCUT2D eigenvalue weighted by Crippen LogP contribution is 2.40. The van der Waals surface area contributed by atoms with Crippen LogP contribution >= 0.6 is 0 Å². The van der Waals surface area contributed by atoms with Crippen molar-refractivity contribution in [3.05, 3.63) is 23.8 Å². The topological polar surface area (TPSA) is 56.8 Å². The first kappa shape index (κ1) is 13.8. The molecule has 0 spiro atoms. The highest BCUT2D eigenvalue weighted by molar-refractivity contribution is 5.61. The minimum absolute atomic E-state index is 0.368. The van der Waals surface area contributed by atoms with E-state index in [1.165, 1.54) is 0 Å². The third-order valence-corrected chi connectivity index (χ3v) is 3.37. The number of hydrogen-bond acceptors (Lipinski definition) is 5. The number of rotatable bonds is 4. The molecule has 104 valence electrons. The van der Waals surface area contributed by atoms with E-state index in [4.69, 9.17) is 14.2 Å². The van der Waals surface area contributed by atoms with Crippen LogP contribution in [0.5, 0.6) is 11.5 Å². The van der Waals surface area contributed by atoms with E-state index in [9.17, 15) is 4.79 Å². The van der Waals surface area contributed by atoms with E-state index in [0.29, 0.717) is 11.5 Å². The average molecular weight is 265 g/mol. The summed E-state index contributed by atoms with van der Waals surface area (Å²) in [7, 11) is 3.19. The van der Waals surface area contributed by atoms with Crippen molar-refractivity contribution in [2.45, 2.75) is 31.7 Å². The van der Waals surface area contributed by atoms with E-state index in [1.54, 1.807) is 14.2 Å². The first-order valence-electron chi connectivity index (χ1n) is 6.13. The molecule has 0 radical (unpaired) electrons. The zero-order valence-electron chi connectivity index (χ0n) is 11.6. The van der Waals surface area contributed by atoms with Gasteiger partial charge < -0.3 is 19.0 Å². The Morgan fingerprint density at radius 3 is 2.26 bits per heavy atom. The van der Waals surface area contributed by atoms with Crippen molar-refractivity contribution in [1.29, 1.82) is 0 Å². The van der Waals surface area contributed by atoms with Crippen LogP contribution in [0.2, 0.25) is 0 Å². The summed E-state index contributed by atoms with van der Waals surface area (Å²) in [6, 6.07) is 5.15. The molecular formula is C14H19NO4. The summed E-state index contributed by atoms with van der Waals surface area (Å²) in [5.74, 6) is 1.33. The normalized spacial score (nSPS) is 25.1. The van der Waals surface area contributed by atoms with Crippen LogP contribution in [-0.4, -0.2) is 32.1 Å². The van der Waals surface area contributed by atoms with Gasteiger partial charge in [-0.1, -0.05) is 6.07 Å². The summed E-state index contributed by atoms with van der Waals surface area (Å²) in [5, 5.41) is 3.15. The maximum absolute atomic E-state index is 11.1. The summed E-state index contributed by atoms with van der Waals surface area (Å²) in [6.07, 6.45) is 0.429. The van der Waals surface area contributed by atoms with Crippen molar-refractivity contribution in [2.24, 2.45) is 0 Å². The second-order valence-electron chi connectivity index (χ2n) is 4.96. The fourth-order valence-electron chi connectivity index (χ4n) is 2.26. The van der Waals surface area contributed by atoms with Gasteiger partial charge in [-0.15, -0.1) is 0 Å². The third kappa shape index (κ3) is 2.43. The molecule has 1 aromatic carbocycles. The maximum atomic E-state index is 11.1. The van der Waals surface area contributed by atoms with Crippen molar-refractivity contribution in [3.8, 4) is 11.5 Å². The number of hydrogen-bond donors (Lipinski definition) is 1. The number of carbonyl (C=O) groups is 1. The molecule has 1 heterocycles. The molecule has 0 aromatic heterocycles. The van der Waals surface area contributed by atoms with Crippen LogP contribution in [0.15, 0.2) is 18.2 Å². The van der Waals surface area contributed by atoms with Crippen molar-refractivity contribution < 1.29 is 19.0 Å². The van der Waals surface area contributed by atoms with Gasteiger partial charge in [-0.25, -0.2) is 0 Å². The Hall–Kier alpha value is -1.59. The van der Waals surface area contributed by atoms with Gasteiger partial charge in [0.2, 0.25) is 0 Å². The Bertz CT molecular complexity index is 450. The third-order valence-electron chi connectivity index (χ3n) is 3.37. The van der Waals surface area contributed by atoms with Crippen LogP contribution in [0.4, 0.5) is 0 Å². The zero-order valence-corrected chi connectivity index (χ0v) is 11.6. The molecule has 1 saturated heterocycles. The zero-order chi connectivity index (χ0) is 14.0.